The number of nitrogens with zero attached hydrogens (tertiary/aromatic N) is 1. The van der Waals surface area contributed by atoms with E-state index in [1.165, 1.54) is 5.56 Å². The van der Waals surface area contributed by atoms with E-state index in [9.17, 15) is 4.79 Å². The Hall–Kier alpha value is -1.15. The predicted octanol–water partition coefficient (Wildman–Crippen LogP) is 2.10. The van der Waals surface area contributed by atoms with Crippen LogP contribution in [0.3, 0.4) is 0 Å². The first kappa shape index (κ1) is 10.0. The third-order valence-electron chi connectivity index (χ3n) is 3.94. The van der Waals surface area contributed by atoms with Gasteiger partial charge >= 0.3 is 0 Å². The van der Waals surface area contributed by atoms with Crippen molar-refractivity contribution >= 4 is 5.78 Å². The van der Waals surface area contributed by atoms with Crippen molar-refractivity contribution in [1.82, 2.24) is 4.90 Å². The van der Waals surface area contributed by atoms with Crippen molar-refractivity contribution < 1.29 is 4.79 Å². The molecule has 16 heavy (non-hydrogen) atoms. The van der Waals surface area contributed by atoms with Crippen LogP contribution >= 0.6 is 0 Å². The summed E-state index contributed by atoms with van der Waals surface area (Å²) >= 11 is 0. The summed E-state index contributed by atoms with van der Waals surface area (Å²) in [5.41, 5.74) is 1.36. The van der Waals surface area contributed by atoms with Gasteiger partial charge in [0.1, 0.15) is 5.78 Å². The Kier molecular flexibility index (Phi) is 2.52. The highest BCUT2D eigenvalue weighted by Gasteiger charge is 2.41. The number of Topliss-reactive ketones (excluding diaryl/α,β-unsaturated/α-hetero) is 1. The van der Waals surface area contributed by atoms with Crippen LogP contribution in [-0.4, -0.2) is 23.8 Å². The van der Waals surface area contributed by atoms with Crippen LogP contribution in [0.5, 0.6) is 0 Å². The third-order valence-corrected chi connectivity index (χ3v) is 3.94. The fourth-order valence-electron chi connectivity index (χ4n) is 3.10. The van der Waals surface area contributed by atoms with Crippen molar-refractivity contribution in [2.24, 2.45) is 11.8 Å². The minimum atomic E-state index is 0.351. The van der Waals surface area contributed by atoms with Crippen LogP contribution in [0.25, 0.3) is 0 Å². The molecule has 1 aliphatic heterocycles. The minimum Gasteiger partial charge on any atom is -0.299 e. The summed E-state index contributed by atoms with van der Waals surface area (Å²) in [4.78, 5) is 14.1. The highest BCUT2D eigenvalue weighted by molar-refractivity contribution is 5.84. The van der Waals surface area contributed by atoms with E-state index in [4.69, 9.17) is 0 Å². The highest BCUT2D eigenvalue weighted by atomic mass is 16.1. The molecule has 1 aromatic carbocycles. The minimum absolute atomic E-state index is 0.351. The van der Waals surface area contributed by atoms with Crippen molar-refractivity contribution in [2.75, 3.05) is 13.1 Å². The first-order valence-electron chi connectivity index (χ1n) is 6.12. The van der Waals surface area contributed by atoms with Crippen molar-refractivity contribution in [3.8, 4) is 0 Å². The average Bonchev–Trinajstić information content (AvgIpc) is 2.83. The Bertz CT molecular complexity index is 387. The topological polar surface area (TPSA) is 20.3 Å². The molecule has 1 saturated carbocycles. The molecule has 1 aromatic rings. The molecule has 0 aromatic heterocycles. The molecule has 2 atom stereocenters. The Labute approximate surface area is 96.3 Å². The van der Waals surface area contributed by atoms with Gasteiger partial charge in [-0.25, -0.2) is 0 Å². The molecule has 0 N–H and O–H groups in total. The monoisotopic (exact) mass is 215 g/mol. The Morgan fingerprint density at radius 1 is 1.19 bits per heavy atom. The first-order valence-corrected chi connectivity index (χ1v) is 6.12. The molecule has 0 amide bonds. The number of ketones is 1. The normalized spacial score (nSPS) is 29.6. The molecule has 1 aliphatic carbocycles. The molecule has 2 heteroatoms. The second-order valence-corrected chi connectivity index (χ2v) is 5.05. The summed E-state index contributed by atoms with van der Waals surface area (Å²) in [6.07, 6.45) is 1.95. The number of hydrogen-bond acceptors (Lipinski definition) is 2. The van der Waals surface area contributed by atoms with Crippen molar-refractivity contribution in [3.05, 3.63) is 35.9 Å². The summed E-state index contributed by atoms with van der Waals surface area (Å²) in [7, 11) is 0. The quantitative estimate of drug-likeness (QED) is 0.753. The second kappa shape index (κ2) is 4.02. The van der Waals surface area contributed by atoms with Crippen LogP contribution in [0.4, 0.5) is 0 Å². The van der Waals surface area contributed by atoms with Gasteiger partial charge < -0.3 is 0 Å². The van der Waals surface area contributed by atoms with Gasteiger partial charge in [0.2, 0.25) is 0 Å². The maximum absolute atomic E-state index is 11.6. The Morgan fingerprint density at radius 3 is 2.75 bits per heavy atom. The molecule has 0 bridgehead atoms. The number of carbonyl (C=O) groups is 1. The first-order chi connectivity index (χ1) is 7.83. The van der Waals surface area contributed by atoms with Crippen molar-refractivity contribution in [3.63, 3.8) is 0 Å². The van der Waals surface area contributed by atoms with Gasteiger partial charge in [0.05, 0.1) is 0 Å². The number of carbonyl (C=O) groups excluding carboxylic acids is 1. The zero-order valence-electron chi connectivity index (χ0n) is 9.43. The van der Waals surface area contributed by atoms with Crippen LogP contribution in [-0.2, 0) is 11.3 Å². The van der Waals surface area contributed by atoms with Gasteiger partial charge in [-0.2, -0.15) is 0 Å². The Balaban J connectivity index is 1.65. The van der Waals surface area contributed by atoms with E-state index in [0.29, 0.717) is 17.6 Å². The Morgan fingerprint density at radius 2 is 2.00 bits per heavy atom. The molecule has 3 rings (SSSR count). The zero-order chi connectivity index (χ0) is 11.0. The molecule has 0 spiro atoms. The smallest absolute Gasteiger partial charge is 0.137 e. The zero-order valence-corrected chi connectivity index (χ0v) is 9.43. The van der Waals surface area contributed by atoms with E-state index in [0.717, 1.165) is 32.5 Å². The van der Waals surface area contributed by atoms with Crippen molar-refractivity contribution in [2.45, 2.75) is 19.4 Å². The maximum atomic E-state index is 11.6. The number of fused-ring (bicyclic) bond motifs is 1. The highest BCUT2D eigenvalue weighted by Crippen LogP contribution is 2.35. The van der Waals surface area contributed by atoms with E-state index in [1.54, 1.807) is 0 Å². The SMILES string of the molecule is O=C1CC[C@@H]2CN(Cc3ccccc3)C[C@@H]12. The lowest BCUT2D eigenvalue weighted by Crippen LogP contribution is -2.22. The van der Waals surface area contributed by atoms with E-state index >= 15 is 0 Å². The van der Waals surface area contributed by atoms with Crippen LogP contribution in [0.2, 0.25) is 0 Å². The lowest BCUT2D eigenvalue weighted by molar-refractivity contribution is -0.120. The van der Waals surface area contributed by atoms with E-state index in [-0.39, 0.29) is 0 Å². The fraction of sp³-hybridized carbons (Fsp3) is 0.500. The lowest BCUT2D eigenvalue weighted by Gasteiger charge is -2.16. The predicted molar refractivity (Wildman–Crippen MR) is 62.9 cm³/mol. The van der Waals surface area contributed by atoms with Gasteiger partial charge in [-0.05, 0) is 17.9 Å². The summed E-state index contributed by atoms with van der Waals surface area (Å²) in [5, 5.41) is 0. The van der Waals surface area contributed by atoms with E-state index in [2.05, 4.69) is 29.2 Å². The van der Waals surface area contributed by atoms with Gasteiger partial charge in [0.25, 0.3) is 0 Å². The number of likely N-dealkylation sites (tertiary alicyclic amines) is 1. The number of rotatable bonds is 2. The molecule has 2 fully saturated rings. The van der Waals surface area contributed by atoms with Gasteiger partial charge in [-0.1, -0.05) is 30.3 Å². The van der Waals surface area contributed by atoms with Gasteiger partial charge in [0.15, 0.2) is 0 Å². The van der Waals surface area contributed by atoms with Crippen LogP contribution in [0.15, 0.2) is 30.3 Å². The molecular formula is C14H17NO. The van der Waals surface area contributed by atoms with Gasteiger partial charge in [0, 0.05) is 32.0 Å². The fourth-order valence-corrected chi connectivity index (χ4v) is 3.10. The largest absolute Gasteiger partial charge is 0.299 e. The molecule has 2 nitrogen and oxygen atoms in total. The molecule has 1 saturated heterocycles. The summed E-state index contributed by atoms with van der Waals surface area (Å²) in [6.45, 7) is 3.10. The summed E-state index contributed by atoms with van der Waals surface area (Å²) < 4.78 is 0. The molecule has 0 radical (unpaired) electrons. The molecular weight excluding hydrogens is 198 g/mol. The van der Waals surface area contributed by atoms with Gasteiger partial charge in [-0.15, -0.1) is 0 Å². The number of benzene rings is 1. The van der Waals surface area contributed by atoms with Crippen LogP contribution < -0.4 is 0 Å². The van der Waals surface area contributed by atoms with Crippen LogP contribution in [0.1, 0.15) is 18.4 Å². The van der Waals surface area contributed by atoms with Gasteiger partial charge in [-0.3, -0.25) is 9.69 Å². The molecule has 0 unspecified atom stereocenters. The average molecular weight is 215 g/mol. The second-order valence-electron chi connectivity index (χ2n) is 5.05. The third kappa shape index (κ3) is 1.78. The maximum Gasteiger partial charge on any atom is 0.137 e. The molecule has 2 aliphatic rings. The lowest BCUT2D eigenvalue weighted by atomic mass is 10.0. The van der Waals surface area contributed by atoms with E-state index in [1.807, 2.05) is 6.07 Å². The van der Waals surface area contributed by atoms with E-state index < -0.39 is 0 Å². The molecule has 1 heterocycles. The number of hydrogen-bond donors (Lipinski definition) is 0. The van der Waals surface area contributed by atoms with Crippen LogP contribution in [0, 0.1) is 11.8 Å². The molecule has 84 valence electrons. The van der Waals surface area contributed by atoms with Crippen molar-refractivity contribution in [1.29, 1.82) is 0 Å². The standard InChI is InChI=1S/C14H17NO/c16-14-7-6-12-9-15(10-13(12)14)8-11-4-2-1-3-5-11/h1-5,12-13H,6-10H2/t12-,13-/m1/s1. The summed E-state index contributed by atoms with van der Waals surface area (Å²) in [6, 6.07) is 10.5. The summed E-state index contributed by atoms with van der Waals surface area (Å²) in [5.74, 6) is 1.50.